The number of aryl methyl sites for hydroxylation is 1. The molecule has 3 rings (SSSR count). The first-order valence-electron chi connectivity index (χ1n) is 10.2. The van der Waals surface area contributed by atoms with Gasteiger partial charge in [-0.25, -0.2) is 4.98 Å². The van der Waals surface area contributed by atoms with Crippen molar-refractivity contribution >= 4 is 11.6 Å². The van der Waals surface area contributed by atoms with E-state index in [0.717, 1.165) is 31.2 Å². The van der Waals surface area contributed by atoms with Gasteiger partial charge in [0.1, 0.15) is 6.61 Å². The summed E-state index contributed by atoms with van der Waals surface area (Å²) in [6.07, 6.45) is 6.76. The molecule has 1 aliphatic rings. The summed E-state index contributed by atoms with van der Waals surface area (Å²) in [5, 5.41) is 3.09. The van der Waals surface area contributed by atoms with Gasteiger partial charge in [-0.1, -0.05) is 49.1 Å². The molecule has 0 unspecified atom stereocenters. The van der Waals surface area contributed by atoms with Gasteiger partial charge in [0.2, 0.25) is 11.8 Å². The van der Waals surface area contributed by atoms with E-state index in [9.17, 15) is 4.79 Å². The highest BCUT2D eigenvalue weighted by Gasteiger charge is 2.41. The molecule has 1 aromatic heterocycles. The van der Waals surface area contributed by atoms with Crippen LogP contribution >= 0.6 is 0 Å². The maximum atomic E-state index is 13.3. The lowest BCUT2D eigenvalue weighted by Crippen LogP contribution is -2.42. The van der Waals surface area contributed by atoms with E-state index in [1.54, 1.807) is 12.3 Å². The third-order valence-electron chi connectivity index (χ3n) is 5.42. The Labute approximate surface area is 167 Å². The number of hydrogen-bond acceptors (Lipinski definition) is 4. The van der Waals surface area contributed by atoms with Crippen molar-refractivity contribution in [3.05, 3.63) is 53.7 Å². The van der Waals surface area contributed by atoms with Gasteiger partial charge in [0.05, 0.1) is 23.9 Å². The Bertz CT molecular complexity index is 750. The zero-order chi connectivity index (χ0) is 19.8. The molecule has 0 atom stereocenters. The summed E-state index contributed by atoms with van der Waals surface area (Å²) in [4.78, 5) is 17.6. The summed E-state index contributed by atoms with van der Waals surface area (Å²) >= 11 is 0. The normalized spacial score (nSPS) is 15.8. The standard InChI is InChI=1S/C23H30N2O3/c1-3-27-15-16-28-21-12-11-20(17-24-21)25-22(26)23(13-5-4-6-14-23)19-9-7-18(2)8-10-19/h7-12,17H,3-6,13-16H2,1-2H3,(H,25,26). The van der Waals surface area contributed by atoms with Crippen molar-refractivity contribution in [2.24, 2.45) is 0 Å². The van der Waals surface area contributed by atoms with Crippen LogP contribution in [0.2, 0.25) is 0 Å². The minimum absolute atomic E-state index is 0.0582. The van der Waals surface area contributed by atoms with Gasteiger partial charge in [0.15, 0.2) is 0 Å². The lowest BCUT2D eigenvalue weighted by molar-refractivity contribution is -0.122. The summed E-state index contributed by atoms with van der Waals surface area (Å²) in [6.45, 7) is 5.69. The molecule has 1 amide bonds. The van der Waals surface area contributed by atoms with Crippen molar-refractivity contribution in [1.29, 1.82) is 0 Å². The summed E-state index contributed by atoms with van der Waals surface area (Å²) in [5.41, 5.74) is 2.55. The first-order valence-corrected chi connectivity index (χ1v) is 10.2. The molecule has 2 aromatic rings. The first-order chi connectivity index (χ1) is 13.6. The Kier molecular flexibility index (Phi) is 7.04. The number of benzene rings is 1. The van der Waals surface area contributed by atoms with Crippen LogP contribution in [0.1, 0.15) is 50.2 Å². The Hall–Kier alpha value is -2.40. The lowest BCUT2D eigenvalue weighted by atomic mass is 9.68. The van der Waals surface area contributed by atoms with Gasteiger partial charge in [-0.05, 0) is 38.3 Å². The van der Waals surface area contributed by atoms with Crippen LogP contribution in [-0.2, 0) is 14.9 Å². The third kappa shape index (κ3) is 4.90. The Balaban J connectivity index is 1.69. The van der Waals surface area contributed by atoms with Crippen molar-refractivity contribution in [3.8, 4) is 5.88 Å². The van der Waals surface area contributed by atoms with Crippen molar-refractivity contribution < 1.29 is 14.3 Å². The second-order valence-corrected chi connectivity index (χ2v) is 7.39. The van der Waals surface area contributed by atoms with Gasteiger partial charge >= 0.3 is 0 Å². The number of rotatable bonds is 8. The summed E-state index contributed by atoms with van der Waals surface area (Å²) in [6, 6.07) is 12.0. The van der Waals surface area contributed by atoms with Crippen LogP contribution in [0.15, 0.2) is 42.6 Å². The van der Waals surface area contributed by atoms with Crippen LogP contribution in [0.5, 0.6) is 5.88 Å². The van der Waals surface area contributed by atoms with Crippen LogP contribution in [0.3, 0.4) is 0 Å². The molecule has 0 saturated heterocycles. The fourth-order valence-corrected chi connectivity index (χ4v) is 3.81. The fourth-order valence-electron chi connectivity index (χ4n) is 3.81. The number of nitrogens with zero attached hydrogens (tertiary/aromatic N) is 1. The summed E-state index contributed by atoms with van der Waals surface area (Å²) < 4.78 is 10.8. The topological polar surface area (TPSA) is 60.5 Å². The van der Waals surface area contributed by atoms with Crippen molar-refractivity contribution in [1.82, 2.24) is 4.98 Å². The molecule has 0 radical (unpaired) electrons. The number of pyridine rings is 1. The molecule has 28 heavy (non-hydrogen) atoms. The second-order valence-electron chi connectivity index (χ2n) is 7.39. The van der Waals surface area contributed by atoms with E-state index in [-0.39, 0.29) is 5.91 Å². The van der Waals surface area contributed by atoms with Gasteiger partial charge in [0.25, 0.3) is 0 Å². The van der Waals surface area contributed by atoms with Crippen LogP contribution in [-0.4, -0.2) is 30.7 Å². The third-order valence-corrected chi connectivity index (χ3v) is 5.42. The zero-order valence-electron chi connectivity index (χ0n) is 16.9. The average molecular weight is 383 g/mol. The van der Waals surface area contributed by atoms with E-state index in [2.05, 4.69) is 41.5 Å². The maximum absolute atomic E-state index is 13.3. The molecule has 1 saturated carbocycles. The highest BCUT2D eigenvalue weighted by atomic mass is 16.5. The molecular weight excluding hydrogens is 352 g/mol. The lowest BCUT2D eigenvalue weighted by Gasteiger charge is -2.36. The molecule has 5 heteroatoms. The van der Waals surface area contributed by atoms with Crippen LogP contribution < -0.4 is 10.1 Å². The Morgan fingerprint density at radius 1 is 1.07 bits per heavy atom. The molecule has 0 spiro atoms. The van der Waals surface area contributed by atoms with E-state index in [1.807, 2.05) is 13.0 Å². The molecule has 1 N–H and O–H groups in total. The summed E-state index contributed by atoms with van der Waals surface area (Å²) in [5.74, 6) is 0.589. The maximum Gasteiger partial charge on any atom is 0.235 e. The minimum atomic E-state index is -0.460. The average Bonchev–Trinajstić information content (AvgIpc) is 2.73. The SMILES string of the molecule is CCOCCOc1ccc(NC(=O)C2(c3ccc(C)cc3)CCCCC2)cn1. The summed E-state index contributed by atoms with van der Waals surface area (Å²) in [7, 11) is 0. The molecule has 1 aromatic carbocycles. The predicted octanol–water partition coefficient (Wildman–Crippen LogP) is 4.65. The van der Waals surface area contributed by atoms with Gasteiger partial charge in [0, 0.05) is 12.7 Å². The van der Waals surface area contributed by atoms with E-state index in [1.165, 1.54) is 12.0 Å². The van der Waals surface area contributed by atoms with E-state index >= 15 is 0 Å². The van der Waals surface area contributed by atoms with E-state index in [4.69, 9.17) is 9.47 Å². The number of carbonyl (C=O) groups excluding carboxylic acids is 1. The Morgan fingerprint density at radius 3 is 2.46 bits per heavy atom. The smallest absolute Gasteiger partial charge is 0.235 e. The number of hydrogen-bond donors (Lipinski definition) is 1. The first kappa shape index (κ1) is 20.3. The molecular formula is C23H30N2O3. The quantitative estimate of drug-likeness (QED) is 0.675. The predicted molar refractivity (Wildman–Crippen MR) is 111 cm³/mol. The molecule has 150 valence electrons. The van der Waals surface area contributed by atoms with Gasteiger partial charge in [-0.15, -0.1) is 0 Å². The van der Waals surface area contributed by atoms with E-state index in [0.29, 0.717) is 31.4 Å². The fraction of sp³-hybridized carbons (Fsp3) is 0.478. The monoisotopic (exact) mass is 382 g/mol. The van der Waals surface area contributed by atoms with Crippen LogP contribution in [0.25, 0.3) is 0 Å². The second kappa shape index (κ2) is 9.69. The molecule has 1 heterocycles. The number of nitrogens with one attached hydrogen (secondary N) is 1. The largest absolute Gasteiger partial charge is 0.475 e. The molecule has 0 bridgehead atoms. The van der Waals surface area contributed by atoms with Crippen molar-refractivity contribution in [2.75, 3.05) is 25.1 Å². The molecule has 1 fully saturated rings. The van der Waals surface area contributed by atoms with Crippen LogP contribution in [0.4, 0.5) is 5.69 Å². The highest BCUT2D eigenvalue weighted by molar-refractivity contribution is 5.99. The van der Waals surface area contributed by atoms with E-state index < -0.39 is 5.41 Å². The number of anilines is 1. The number of amides is 1. The van der Waals surface area contributed by atoms with Crippen molar-refractivity contribution in [3.63, 3.8) is 0 Å². The van der Waals surface area contributed by atoms with Gasteiger partial charge in [-0.3, -0.25) is 4.79 Å². The number of ether oxygens (including phenoxy) is 2. The van der Waals surface area contributed by atoms with Crippen LogP contribution in [0, 0.1) is 6.92 Å². The number of aromatic nitrogens is 1. The number of carbonyl (C=O) groups is 1. The van der Waals surface area contributed by atoms with Gasteiger partial charge < -0.3 is 14.8 Å². The molecule has 1 aliphatic carbocycles. The molecule has 5 nitrogen and oxygen atoms in total. The Morgan fingerprint density at radius 2 is 1.82 bits per heavy atom. The minimum Gasteiger partial charge on any atom is -0.475 e. The highest BCUT2D eigenvalue weighted by Crippen LogP contribution is 2.40. The molecule has 0 aliphatic heterocycles. The zero-order valence-corrected chi connectivity index (χ0v) is 16.9. The van der Waals surface area contributed by atoms with Gasteiger partial charge in [-0.2, -0.15) is 0 Å². The van der Waals surface area contributed by atoms with Crippen molar-refractivity contribution in [2.45, 2.75) is 51.4 Å².